The summed E-state index contributed by atoms with van der Waals surface area (Å²) in [4.78, 5) is 15.8. The van der Waals surface area contributed by atoms with Gasteiger partial charge in [-0.3, -0.25) is 0 Å². The van der Waals surface area contributed by atoms with E-state index in [9.17, 15) is 9.18 Å². The van der Waals surface area contributed by atoms with E-state index < -0.39 is 6.04 Å². The van der Waals surface area contributed by atoms with Crippen LogP contribution in [0.4, 0.5) is 14.9 Å². The molecule has 3 aromatic carbocycles. The van der Waals surface area contributed by atoms with Crippen LogP contribution in [0.15, 0.2) is 97.2 Å². The zero-order valence-electron chi connectivity index (χ0n) is 21.7. The third kappa shape index (κ3) is 4.44. The SMILES string of the molecule is CCc1nn(-c2ccccc2)c2c1CN(C(=O)Nc1ccc(F)cc1)C(c1ccc(OC)cc1)c1cccn1-2. The number of para-hydroxylation sites is 1. The fraction of sp³-hybridized carbons (Fsp3) is 0.161. The first-order chi connectivity index (χ1) is 19.1. The van der Waals surface area contributed by atoms with E-state index in [4.69, 9.17) is 9.84 Å². The molecule has 0 bridgehead atoms. The Labute approximate surface area is 226 Å². The molecule has 1 atom stereocenters. The number of aromatic nitrogens is 3. The molecular formula is C31H28FN5O2. The maximum absolute atomic E-state index is 14.0. The number of nitrogens with one attached hydrogen (secondary N) is 1. The lowest BCUT2D eigenvalue weighted by molar-refractivity contribution is 0.194. The van der Waals surface area contributed by atoms with E-state index in [1.165, 1.54) is 12.1 Å². The van der Waals surface area contributed by atoms with Crippen molar-refractivity contribution in [3.05, 3.63) is 126 Å². The van der Waals surface area contributed by atoms with Crippen molar-refractivity contribution in [3.8, 4) is 17.3 Å². The zero-order valence-corrected chi connectivity index (χ0v) is 21.7. The Morgan fingerprint density at radius 1 is 1.00 bits per heavy atom. The van der Waals surface area contributed by atoms with Crippen molar-refractivity contribution in [2.45, 2.75) is 25.9 Å². The van der Waals surface area contributed by atoms with E-state index in [2.05, 4.69) is 16.8 Å². The van der Waals surface area contributed by atoms with Gasteiger partial charge >= 0.3 is 6.03 Å². The molecule has 1 aliphatic heterocycles. The lowest BCUT2D eigenvalue weighted by Crippen LogP contribution is -2.38. The second-order valence-corrected chi connectivity index (χ2v) is 9.39. The number of ether oxygens (including phenoxy) is 1. The number of carbonyl (C=O) groups is 1. The first-order valence-corrected chi connectivity index (χ1v) is 12.9. The molecule has 0 spiro atoms. The van der Waals surface area contributed by atoms with Crippen LogP contribution < -0.4 is 10.1 Å². The van der Waals surface area contributed by atoms with Crippen LogP contribution in [0.25, 0.3) is 11.5 Å². The molecule has 5 aromatic rings. The topological polar surface area (TPSA) is 64.3 Å². The summed E-state index contributed by atoms with van der Waals surface area (Å²) in [5.41, 5.74) is 5.22. The minimum Gasteiger partial charge on any atom is -0.497 e. The number of methoxy groups -OCH3 is 1. The molecule has 196 valence electrons. The van der Waals surface area contributed by atoms with E-state index in [1.807, 2.05) is 82.5 Å². The third-order valence-corrected chi connectivity index (χ3v) is 7.09. The van der Waals surface area contributed by atoms with Crippen LogP contribution in [0.2, 0.25) is 0 Å². The second kappa shape index (κ2) is 10.1. The number of carbonyl (C=O) groups excluding carboxylic acids is 1. The molecule has 0 aliphatic carbocycles. The van der Waals surface area contributed by atoms with Crippen LogP contribution in [0.5, 0.6) is 5.75 Å². The average Bonchev–Trinajstić information content (AvgIpc) is 3.56. The summed E-state index contributed by atoms with van der Waals surface area (Å²) in [5, 5.41) is 7.97. The number of aryl methyl sites for hydroxylation is 1. The van der Waals surface area contributed by atoms with Gasteiger partial charge in [-0.05, 0) is 72.6 Å². The minimum atomic E-state index is -0.410. The number of nitrogens with zero attached hydrogens (tertiary/aromatic N) is 4. The molecule has 2 amide bonds. The van der Waals surface area contributed by atoms with Gasteiger partial charge in [0.15, 0.2) is 0 Å². The molecule has 3 heterocycles. The van der Waals surface area contributed by atoms with Gasteiger partial charge in [0.25, 0.3) is 0 Å². The first-order valence-electron chi connectivity index (χ1n) is 12.9. The fourth-order valence-corrected chi connectivity index (χ4v) is 5.21. The molecule has 8 heteroatoms. The summed E-state index contributed by atoms with van der Waals surface area (Å²) in [7, 11) is 1.63. The maximum atomic E-state index is 14.0. The quantitative estimate of drug-likeness (QED) is 0.287. The van der Waals surface area contributed by atoms with Gasteiger partial charge in [-0.2, -0.15) is 5.10 Å². The van der Waals surface area contributed by atoms with Crippen molar-refractivity contribution in [2.24, 2.45) is 0 Å². The van der Waals surface area contributed by atoms with Crippen molar-refractivity contribution in [1.29, 1.82) is 0 Å². The molecular weight excluding hydrogens is 493 g/mol. The molecule has 2 aromatic heterocycles. The number of amides is 2. The van der Waals surface area contributed by atoms with Crippen molar-refractivity contribution in [1.82, 2.24) is 19.2 Å². The highest BCUT2D eigenvalue weighted by molar-refractivity contribution is 5.90. The van der Waals surface area contributed by atoms with E-state index in [1.54, 1.807) is 19.2 Å². The molecule has 0 fully saturated rings. The summed E-state index contributed by atoms with van der Waals surface area (Å²) >= 11 is 0. The third-order valence-electron chi connectivity index (χ3n) is 7.09. The number of hydrogen-bond donors (Lipinski definition) is 1. The average molecular weight is 522 g/mol. The smallest absolute Gasteiger partial charge is 0.322 e. The lowest BCUT2D eigenvalue weighted by atomic mass is 10.0. The van der Waals surface area contributed by atoms with Gasteiger partial charge in [-0.1, -0.05) is 37.3 Å². The van der Waals surface area contributed by atoms with Gasteiger partial charge < -0.3 is 19.5 Å². The van der Waals surface area contributed by atoms with Crippen LogP contribution in [-0.4, -0.2) is 32.4 Å². The summed E-state index contributed by atoms with van der Waals surface area (Å²) in [6, 6.07) is 26.9. The van der Waals surface area contributed by atoms with Gasteiger partial charge in [0.2, 0.25) is 0 Å². The predicted molar refractivity (Wildman–Crippen MR) is 148 cm³/mol. The standard InChI is InChI=1S/C31H28FN5O2/c1-3-27-26-20-36(31(38)33-23-15-13-22(32)14-16-23)29(21-11-17-25(39-2)18-12-21)28-10-7-19-35(28)30(26)37(34-27)24-8-5-4-6-9-24/h4-19,29H,3,20H2,1-2H3,(H,33,38). The molecule has 1 unspecified atom stereocenters. The molecule has 6 rings (SSSR count). The van der Waals surface area contributed by atoms with Crippen LogP contribution in [-0.2, 0) is 13.0 Å². The van der Waals surface area contributed by atoms with Gasteiger partial charge in [0.05, 0.1) is 36.8 Å². The zero-order chi connectivity index (χ0) is 26.9. The van der Waals surface area contributed by atoms with Crippen LogP contribution in [0.3, 0.4) is 0 Å². The van der Waals surface area contributed by atoms with Gasteiger partial charge in [0.1, 0.15) is 17.4 Å². The second-order valence-electron chi connectivity index (χ2n) is 9.39. The number of fused-ring (bicyclic) bond motifs is 3. The highest BCUT2D eigenvalue weighted by Gasteiger charge is 2.36. The Hall–Kier alpha value is -4.85. The van der Waals surface area contributed by atoms with Crippen molar-refractivity contribution < 1.29 is 13.9 Å². The Balaban J connectivity index is 1.53. The number of hydrogen-bond acceptors (Lipinski definition) is 3. The highest BCUT2D eigenvalue weighted by Crippen LogP contribution is 2.39. The Bertz CT molecular complexity index is 1610. The summed E-state index contributed by atoms with van der Waals surface area (Å²) in [6.07, 6.45) is 2.73. The molecule has 0 saturated carbocycles. The number of urea groups is 1. The van der Waals surface area contributed by atoms with Crippen molar-refractivity contribution >= 4 is 11.7 Å². The number of halogens is 1. The fourth-order valence-electron chi connectivity index (χ4n) is 5.21. The molecule has 7 nitrogen and oxygen atoms in total. The largest absolute Gasteiger partial charge is 0.497 e. The molecule has 1 N–H and O–H groups in total. The van der Waals surface area contributed by atoms with Crippen molar-refractivity contribution in [2.75, 3.05) is 12.4 Å². The molecule has 0 radical (unpaired) electrons. The number of rotatable bonds is 5. The Morgan fingerprint density at radius 3 is 2.44 bits per heavy atom. The number of anilines is 1. The highest BCUT2D eigenvalue weighted by atomic mass is 19.1. The lowest BCUT2D eigenvalue weighted by Gasteiger charge is -2.31. The molecule has 0 saturated heterocycles. The van der Waals surface area contributed by atoms with Gasteiger partial charge in [-0.25, -0.2) is 13.9 Å². The monoisotopic (exact) mass is 521 g/mol. The summed E-state index contributed by atoms with van der Waals surface area (Å²) in [6.45, 7) is 2.40. The predicted octanol–water partition coefficient (Wildman–Crippen LogP) is 6.51. The molecule has 39 heavy (non-hydrogen) atoms. The number of benzene rings is 3. The first kappa shape index (κ1) is 24.5. The van der Waals surface area contributed by atoms with Crippen LogP contribution in [0.1, 0.15) is 35.5 Å². The van der Waals surface area contributed by atoms with E-state index >= 15 is 0 Å². The van der Waals surface area contributed by atoms with E-state index in [-0.39, 0.29) is 11.8 Å². The van der Waals surface area contributed by atoms with Crippen LogP contribution >= 0.6 is 0 Å². The summed E-state index contributed by atoms with van der Waals surface area (Å²) < 4.78 is 23.0. The maximum Gasteiger partial charge on any atom is 0.322 e. The van der Waals surface area contributed by atoms with Crippen molar-refractivity contribution in [3.63, 3.8) is 0 Å². The van der Waals surface area contributed by atoms with Gasteiger partial charge in [0, 0.05) is 17.4 Å². The van der Waals surface area contributed by atoms with Gasteiger partial charge in [-0.15, -0.1) is 0 Å². The van der Waals surface area contributed by atoms with E-state index in [0.717, 1.165) is 39.8 Å². The van der Waals surface area contributed by atoms with E-state index in [0.29, 0.717) is 18.7 Å². The normalized spacial score (nSPS) is 14.3. The minimum absolute atomic E-state index is 0.294. The summed E-state index contributed by atoms with van der Waals surface area (Å²) in [5.74, 6) is 1.29. The molecule has 1 aliphatic rings. The Kier molecular flexibility index (Phi) is 6.36. The Morgan fingerprint density at radius 2 is 1.74 bits per heavy atom. The van der Waals surface area contributed by atoms with Crippen LogP contribution in [0, 0.1) is 5.82 Å².